The summed E-state index contributed by atoms with van der Waals surface area (Å²) in [5.41, 5.74) is 0. The van der Waals surface area contributed by atoms with E-state index < -0.39 is 11.0 Å². The molecule has 0 amide bonds. The van der Waals surface area contributed by atoms with Crippen LogP contribution in [-0.2, 0) is 0 Å². The SMILES string of the molecule is ClC[C@H](Cl)[Si](Cl)(Cl)Cl. The third-order valence-corrected chi connectivity index (χ3v) is 6.64. The molecular formula is C2H3Cl5Si. The zero-order valence-electron chi connectivity index (χ0n) is 3.67. The number of rotatable bonds is 2. The summed E-state index contributed by atoms with van der Waals surface area (Å²) in [6.45, 7) is 0. The van der Waals surface area contributed by atoms with Gasteiger partial charge in [0.2, 0.25) is 0 Å². The molecule has 50 valence electrons. The highest BCUT2D eigenvalue weighted by molar-refractivity contribution is 7.66. The Hall–Kier alpha value is 1.67. The Labute approximate surface area is 73.1 Å². The van der Waals surface area contributed by atoms with E-state index in [4.69, 9.17) is 56.4 Å². The lowest BCUT2D eigenvalue weighted by atomic mass is 10.9. The Morgan fingerprint density at radius 1 is 1.25 bits per heavy atom. The van der Waals surface area contributed by atoms with Gasteiger partial charge in [-0.15, -0.1) is 56.4 Å². The van der Waals surface area contributed by atoms with Gasteiger partial charge in [-0.1, -0.05) is 0 Å². The van der Waals surface area contributed by atoms with Crippen molar-refractivity contribution >= 4 is 62.4 Å². The molecule has 6 heteroatoms. The van der Waals surface area contributed by atoms with Crippen LogP contribution in [0.4, 0.5) is 0 Å². The average Bonchev–Trinajstić information content (AvgIpc) is 1.62. The van der Waals surface area contributed by atoms with E-state index in [9.17, 15) is 0 Å². The minimum atomic E-state index is -2.71. The molecular weight excluding hydrogens is 229 g/mol. The van der Waals surface area contributed by atoms with Crippen LogP contribution in [0.2, 0.25) is 0 Å². The third-order valence-electron chi connectivity index (χ3n) is 0.491. The van der Waals surface area contributed by atoms with E-state index in [1.165, 1.54) is 0 Å². The standard InChI is InChI=1S/C2H3Cl5Si/c3-1-2(4)8(5,6)7/h2H,1H2/t2-/m1/s1. The molecule has 8 heavy (non-hydrogen) atoms. The van der Waals surface area contributed by atoms with Crippen molar-refractivity contribution in [3.05, 3.63) is 0 Å². The van der Waals surface area contributed by atoms with Gasteiger partial charge in [0, 0.05) is 5.88 Å². The third kappa shape index (κ3) is 3.65. The van der Waals surface area contributed by atoms with Crippen LogP contribution in [0.5, 0.6) is 0 Å². The fourth-order valence-corrected chi connectivity index (χ4v) is 2.36. The zero-order chi connectivity index (χ0) is 6.78. The van der Waals surface area contributed by atoms with Gasteiger partial charge < -0.3 is 0 Å². The smallest absolute Gasteiger partial charge is 0.125 e. The van der Waals surface area contributed by atoms with Gasteiger partial charge in [0.05, 0.1) is 5.00 Å². The van der Waals surface area contributed by atoms with Gasteiger partial charge in [-0.3, -0.25) is 0 Å². The number of halogens is 5. The van der Waals surface area contributed by atoms with E-state index in [1.807, 2.05) is 0 Å². The summed E-state index contributed by atoms with van der Waals surface area (Å²) in [5.74, 6) is 0.199. The lowest BCUT2D eigenvalue weighted by Crippen LogP contribution is -2.27. The van der Waals surface area contributed by atoms with Crippen molar-refractivity contribution in [1.29, 1.82) is 0 Å². The van der Waals surface area contributed by atoms with Gasteiger partial charge >= 0.3 is 6.00 Å². The van der Waals surface area contributed by atoms with Crippen molar-refractivity contribution in [3.8, 4) is 0 Å². The van der Waals surface area contributed by atoms with Crippen LogP contribution in [0.25, 0.3) is 0 Å². The van der Waals surface area contributed by atoms with Gasteiger partial charge in [0.1, 0.15) is 0 Å². The van der Waals surface area contributed by atoms with Crippen LogP contribution in [0.3, 0.4) is 0 Å². The number of alkyl halides is 2. The molecule has 0 bridgehead atoms. The molecule has 0 saturated heterocycles. The maximum atomic E-state index is 5.48. The first kappa shape index (κ1) is 9.67. The van der Waals surface area contributed by atoms with Gasteiger partial charge in [0.15, 0.2) is 0 Å². The molecule has 0 nitrogen and oxygen atoms in total. The lowest BCUT2D eigenvalue weighted by molar-refractivity contribution is 1.37. The molecule has 0 aromatic heterocycles. The number of hydrogen-bond acceptors (Lipinski definition) is 0. The van der Waals surface area contributed by atoms with Crippen molar-refractivity contribution in [1.82, 2.24) is 0 Å². The highest BCUT2D eigenvalue weighted by atomic mass is 35.8. The summed E-state index contributed by atoms with van der Waals surface area (Å²) < 4.78 is 0. The summed E-state index contributed by atoms with van der Waals surface area (Å²) in [5, 5.41) is -0.478. The molecule has 0 saturated carbocycles. The van der Waals surface area contributed by atoms with Gasteiger partial charge in [-0.05, 0) is 0 Å². The number of hydrogen-bond donors (Lipinski definition) is 0. The van der Waals surface area contributed by atoms with E-state index >= 15 is 0 Å². The second-order valence-corrected chi connectivity index (χ2v) is 11.3. The first-order valence-electron chi connectivity index (χ1n) is 1.75. The predicted molar refractivity (Wildman–Crippen MR) is 43.7 cm³/mol. The van der Waals surface area contributed by atoms with Crippen LogP contribution in [0.1, 0.15) is 0 Å². The van der Waals surface area contributed by atoms with Crippen molar-refractivity contribution < 1.29 is 0 Å². The monoisotopic (exact) mass is 230 g/mol. The summed E-state index contributed by atoms with van der Waals surface area (Å²) >= 11 is 27.1. The molecule has 0 radical (unpaired) electrons. The molecule has 0 rings (SSSR count). The Morgan fingerprint density at radius 3 is 1.62 bits per heavy atom. The minimum Gasteiger partial charge on any atom is -0.125 e. The van der Waals surface area contributed by atoms with Crippen molar-refractivity contribution in [2.45, 2.75) is 5.00 Å². The molecule has 0 aliphatic rings. The Bertz CT molecular complexity index is 67.3. The second kappa shape index (κ2) is 3.74. The Morgan fingerprint density at radius 2 is 1.62 bits per heavy atom. The first-order valence-corrected chi connectivity index (χ1v) is 7.83. The molecule has 0 aromatic carbocycles. The summed E-state index contributed by atoms with van der Waals surface area (Å²) in [7, 11) is 0. The van der Waals surface area contributed by atoms with Crippen LogP contribution in [0, 0.1) is 0 Å². The molecule has 1 atom stereocenters. The van der Waals surface area contributed by atoms with Crippen LogP contribution in [-0.4, -0.2) is 16.9 Å². The lowest BCUT2D eigenvalue weighted by Gasteiger charge is -2.10. The largest absolute Gasteiger partial charge is 0.359 e. The molecule has 0 N–H and O–H groups in total. The highest BCUT2D eigenvalue weighted by Crippen LogP contribution is 2.28. The maximum Gasteiger partial charge on any atom is 0.359 e. The average molecular weight is 232 g/mol. The maximum absolute atomic E-state index is 5.48. The highest BCUT2D eigenvalue weighted by Gasteiger charge is 2.34. The van der Waals surface area contributed by atoms with Crippen molar-refractivity contribution in [3.63, 3.8) is 0 Å². The summed E-state index contributed by atoms with van der Waals surface area (Å²) in [6.07, 6.45) is 0. The van der Waals surface area contributed by atoms with E-state index in [0.29, 0.717) is 0 Å². The molecule has 0 aliphatic carbocycles. The molecule has 0 spiro atoms. The molecule has 0 aliphatic heterocycles. The molecule has 0 heterocycles. The molecule has 0 aromatic rings. The molecule has 0 unspecified atom stereocenters. The van der Waals surface area contributed by atoms with E-state index in [0.717, 1.165) is 0 Å². The van der Waals surface area contributed by atoms with E-state index in [1.54, 1.807) is 0 Å². The van der Waals surface area contributed by atoms with E-state index in [2.05, 4.69) is 0 Å². The van der Waals surface area contributed by atoms with Gasteiger partial charge in [-0.2, -0.15) is 0 Å². The van der Waals surface area contributed by atoms with E-state index in [-0.39, 0.29) is 5.88 Å². The van der Waals surface area contributed by atoms with Crippen molar-refractivity contribution in [2.24, 2.45) is 0 Å². The summed E-state index contributed by atoms with van der Waals surface area (Å²) in [4.78, 5) is 0. The quantitative estimate of drug-likeness (QED) is 0.390. The van der Waals surface area contributed by atoms with Crippen LogP contribution >= 0.6 is 56.4 Å². The first-order chi connectivity index (χ1) is 3.48. The van der Waals surface area contributed by atoms with Gasteiger partial charge in [0.25, 0.3) is 0 Å². The second-order valence-electron chi connectivity index (χ2n) is 1.16. The Balaban J connectivity index is 3.62. The van der Waals surface area contributed by atoms with Crippen LogP contribution < -0.4 is 0 Å². The zero-order valence-corrected chi connectivity index (χ0v) is 8.45. The molecule has 0 fully saturated rings. The van der Waals surface area contributed by atoms with Crippen LogP contribution in [0.15, 0.2) is 0 Å². The van der Waals surface area contributed by atoms with Crippen molar-refractivity contribution in [2.75, 3.05) is 5.88 Å². The summed E-state index contributed by atoms with van der Waals surface area (Å²) in [6, 6.07) is -2.71. The predicted octanol–water partition coefficient (Wildman–Crippen LogP) is 3.03. The fourth-order valence-electron chi connectivity index (χ4n) is 0.0875. The normalized spacial score (nSPS) is 16.1. The fraction of sp³-hybridized carbons (Fsp3) is 1.00. The topological polar surface area (TPSA) is 0 Å². The Kier molecular flexibility index (Phi) is 4.52. The van der Waals surface area contributed by atoms with Gasteiger partial charge in [-0.25, -0.2) is 0 Å². The minimum absolute atomic E-state index is 0.199.